The molecule has 1 aromatic rings. The van der Waals surface area contributed by atoms with E-state index in [2.05, 4.69) is 26.0 Å². The first-order chi connectivity index (χ1) is 8.85. The Kier molecular flexibility index (Phi) is 5.22. The van der Waals surface area contributed by atoms with Crippen LogP contribution in [0.3, 0.4) is 0 Å². The number of esters is 1. The lowest BCUT2D eigenvalue weighted by molar-refractivity contribution is -0.386. The summed E-state index contributed by atoms with van der Waals surface area (Å²) in [4.78, 5) is 21.1. The molecule has 1 aromatic carbocycles. The molecule has 1 rings (SSSR count). The van der Waals surface area contributed by atoms with E-state index in [0.717, 1.165) is 6.07 Å². The van der Waals surface area contributed by atoms with Crippen molar-refractivity contribution in [3.63, 3.8) is 0 Å². The molecule has 0 saturated heterocycles. The molecule has 1 N–H and O–H groups in total. The number of hydrogen-bond donors (Lipinski definition) is 1. The SMILES string of the molecule is COC(=O)CC(C)Nc1cc(Br)cc(F)c1[N+](=O)[O-]. The van der Waals surface area contributed by atoms with Crippen LogP contribution >= 0.6 is 15.9 Å². The molecule has 104 valence electrons. The van der Waals surface area contributed by atoms with E-state index in [1.807, 2.05) is 0 Å². The normalized spacial score (nSPS) is 11.8. The number of nitrogens with one attached hydrogen (secondary N) is 1. The Balaban J connectivity index is 2.99. The molecule has 19 heavy (non-hydrogen) atoms. The second-order valence-electron chi connectivity index (χ2n) is 3.87. The van der Waals surface area contributed by atoms with Crippen LogP contribution in [-0.4, -0.2) is 24.0 Å². The number of halogens is 2. The van der Waals surface area contributed by atoms with Crippen molar-refractivity contribution in [1.82, 2.24) is 0 Å². The Morgan fingerprint density at radius 2 is 2.26 bits per heavy atom. The summed E-state index contributed by atoms with van der Waals surface area (Å²) >= 11 is 3.06. The van der Waals surface area contributed by atoms with Crippen molar-refractivity contribution in [1.29, 1.82) is 0 Å². The van der Waals surface area contributed by atoms with Gasteiger partial charge in [0.2, 0.25) is 5.82 Å². The average Bonchev–Trinajstić information content (AvgIpc) is 2.26. The number of benzene rings is 1. The Hall–Kier alpha value is -1.70. The molecule has 0 aliphatic heterocycles. The summed E-state index contributed by atoms with van der Waals surface area (Å²) in [6.07, 6.45) is 0.0157. The van der Waals surface area contributed by atoms with Crippen LogP contribution in [0.25, 0.3) is 0 Å². The van der Waals surface area contributed by atoms with Crippen molar-refractivity contribution in [2.45, 2.75) is 19.4 Å². The van der Waals surface area contributed by atoms with E-state index in [9.17, 15) is 19.3 Å². The Labute approximate surface area is 117 Å². The average molecular weight is 335 g/mol. The minimum Gasteiger partial charge on any atom is -0.469 e. The van der Waals surface area contributed by atoms with Crippen molar-refractivity contribution in [3.8, 4) is 0 Å². The fraction of sp³-hybridized carbons (Fsp3) is 0.364. The molecule has 0 fully saturated rings. The van der Waals surface area contributed by atoms with Crippen LogP contribution < -0.4 is 5.32 Å². The van der Waals surface area contributed by atoms with Crippen molar-refractivity contribution in [2.24, 2.45) is 0 Å². The smallest absolute Gasteiger partial charge is 0.327 e. The zero-order chi connectivity index (χ0) is 14.6. The lowest BCUT2D eigenvalue weighted by atomic mass is 10.2. The summed E-state index contributed by atoms with van der Waals surface area (Å²) in [5, 5.41) is 13.6. The number of nitro groups is 1. The van der Waals surface area contributed by atoms with Gasteiger partial charge in [-0.15, -0.1) is 0 Å². The van der Waals surface area contributed by atoms with E-state index < -0.39 is 28.4 Å². The summed E-state index contributed by atoms with van der Waals surface area (Å²) in [6.45, 7) is 1.64. The van der Waals surface area contributed by atoms with Crippen molar-refractivity contribution >= 4 is 33.3 Å². The maximum atomic E-state index is 13.5. The number of nitrogens with zero attached hydrogens (tertiary/aromatic N) is 1. The molecule has 0 bridgehead atoms. The maximum absolute atomic E-state index is 13.5. The largest absolute Gasteiger partial charge is 0.469 e. The first-order valence-electron chi connectivity index (χ1n) is 5.32. The van der Waals surface area contributed by atoms with Crippen molar-refractivity contribution < 1.29 is 18.8 Å². The molecule has 0 saturated carbocycles. The second-order valence-corrected chi connectivity index (χ2v) is 4.78. The molecule has 0 heterocycles. The number of anilines is 1. The molecule has 1 atom stereocenters. The number of rotatable bonds is 5. The molecular weight excluding hydrogens is 323 g/mol. The summed E-state index contributed by atoms with van der Waals surface area (Å²) in [7, 11) is 1.25. The summed E-state index contributed by atoms with van der Waals surface area (Å²) in [5.74, 6) is -1.41. The number of hydrogen-bond acceptors (Lipinski definition) is 5. The van der Waals surface area contributed by atoms with Gasteiger partial charge in [0.25, 0.3) is 0 Å². The first kappa shape index (κ1) is 15.4. The van der Waals surface area contributed by atoms with Gasteiger partial charge in [0, 0.05) is 10.5 Å². The minimum absolute atomic E-state index is 0.00766. The highest BCUT2D eigenvalue weighted by molar-refractivity contribution is 9.10. The third kappa shape index (κ3) is 4.16. The molecule has 0 aliphatic rings. The minimum atomic E-state index is -0.952. The van der Waals surface area contributed by atoms with Gasteiger partial charge < -0.3 is 10.1 Å². The number of methoxy groups -OCH3 is 1. The van der Waals surface area contributed by atoms with Gasteiger partial charge in [-0.3, -0.25) is 14.9 Å². The number of ether oxygens (including phenoxy) is 1. The van der Waals surface area contributed by atoms with E-state index in [1.165, 1.54) is 13.2 Å². The van der Waals surface area contributed by atoms with Gasteiger partial charge in [0.05, 0.1) is 18.5 Å². The van der Waals surface area contributed by atoms with E-state index in [0.29, 0.717) is 4.47 Å². The predicted molar refractivity (Wildman–Crippen MR) is 70.5 cm³/mol. The lowest BCUT2D eigenvalue weighted by Gasteiger charge is -2.14. The molecule has 1 unspecified atom stereocenters. The van der Waals surface area contributed by atoms with E-state index in [4.69, 9.17) is 0 Å². The molecule has 0 spiro atoms. The van der Waals surface area contributed by atoms with Gasteiger partial charge in [-0.25, -0.2) is 0 Å². The van der Waals surface area contributed by atoms with Gasteiger partial charge in [-0.1, -0.05) is 15.9 Å². The van der Waals surface area contributed by atoms with E-state index in [-0.39, 0.29) is 12.1 Å². The lowest BCUT2D eigenvalue weighted by Crippen LogP contribution is -2.21. The van der Waals surface area contributed by atoms with Crippen molar-refractivity contribution in [3.05, 3.63) is 32.5 Å². The van der Waals surface area contributed by atoms with Gasteiger partial charge in [0.1, 0.15) is 5.69 Å². The molecule has 6 nitrogen and oxygen atoms in total. The third-order valence-electron chi connectivity index (χ3n) is 2.31. The highest BCUT2D eigenvalue weighted by Gasteiger charge is 2.23. The maximum Gasteiger partial charge on any atom is 0.327 e. The van der Waals surface area contributed by atoms with Gasteiger partial charge in [-0.2, -0.15) is 4.39 Å². The van der Waals surface area contributed by atoms with Crippen LogP contribution in [0, 0.1) is 15.9 Å². The second kappa shape index (κ2) is 6.46. The van der Waals surface area contributed by atoms with Crippen LogP contribution in [0.4, 0.5) is 15.8 Å². The van der Waals surface area contributed by atoms with Gasteiger partial charge in [-0.05, 0) is 19.1 Å². The Morgan fingerprint density at radius 1 is 1.63 bits per heavy atom. The summed E-state index contributed by atoms with van der Waals surface area (Å²) < 4.78 is 18.4. The summed E-state index contributed by atoms with van der Waals surface area (Å²) in [6, 6.07) is 1.96. The molecule has 0 radical (unpaired) electrons. The topological polar surface area (TPSA) is 81.5 Å². The van der Waals surface area contributed by atoms with Crippen LogP contribution in [0.1, 0.15) is 13.3 Å². The van der Waals surface area contributed by atoms with Gasteiger partial charge >= 0.3 is 11.7 Å². The highest BCUT2D eigenvalue weighted by atomic mass is 79.9. The predicted octanol–water partition coefficient (Wildman–Crippen LogP) is 2.86. The fourth-order valence-corrected chi connectivity index (χ4v) is 1.94. The number of carbonyl (C=O) groups excluding carboxylic acids is 1. The standard InChI is InChI=1S/C11H12BrFN2O4/c1-6(3-10(16)19-2)14-9-5-7(12)4-8(13)11(9)15(17)18/h4-6,14H,3H2,1-2H3. The van der Waals surface area contributed by atoms with Crippen molar-refractivity contribution in [2.75, 3.05) is 12.4 Å². The highest BCUT2D eigenvalue weighted by Crippen LogP contribution is 2.32. The van der Waals surface area contributed by atoms with Crippen LogP contribution in [0.5, 0.6) is 0 Å². The molecule has 0 amide bonds. The molecular formula is C11H12BrFN2O4. The van der Waals surface area contributed by atoms with E-state index >= 15 is 0 Å². The Morgan fingerprint density at radius 3 is 2.79 bits per heavy atom. The molecule has 8 heteroatoms. The molecule has 0 aliphatic carbocycles. The summed E-state index contributed by atoms with van der Waals surface area (Å²) in [5.41, 5.74) is -0.645. The number of nitro benzene ring substituents is 1. The Bertz CT molecular complexity index is 510. The zero-order valence-electron chi connectivity index (χ0n) is 10.3. The fourth-order valence-electron chi connectivity index (χ4n) is 1.51. The first-order valence-corrected chi connectivity index (χ1v) is 6.11. The quantitative estimate of drug-likeness (QED) is 0.508. The number of carbonyl (C=O) groups is 1. The van der Waals surface area contributed by atoms with Gasteiger partial charge in [0.15, 0.2) is 0 Å². The third-order valence-corrected chi connectivity index (χ3v) is 2.77. The van der Waals surface area contributed by atoms with Crippen LogP contribution in [-0.2, 0) is 9.53 Å². The van der Waals surface area contributed by atoms with E-state index in [1.54, 1.807) is 6.92 Å². The van der Waals surface area contributed by atoms with Crippen LogP contribution in [0.15, 0.2) is 16.6 Å². The van der Waals surface area contributed by atoms with Crippen LogP contribution in [0.2, 0.25) is 0 Å². The zero-order valence-corrected chi connectivity index (χ0v) is 11.9. The molecule has 0 aromatic heterocycles. The monoisotopic (exact) mass is 334 g/mol.